The van der Waals surface area contributed by atoms with Gasteiger partial charge >= 0.3 is 6.18 Å². The summed E-state index contributed by atoms with van der Waals surface area (Å²) >= 11 is 0. The molecule has 0 bridgehead atoms. The Balaban J connectivity index is 1.56. The lowest BCUT2D eigenvalue weighted by Crippen LogP contribution is -2.38. The van der Waals surface area contributed by atoms with Gasteiger partial charge in [0.25, 0.3) is 11.8 Å². The van der Waals surface area contributed by atoms with Crippen molar-refractivity contribution in [2.45, 2.75) is 45.7 Å². The van der Waals surface area contributed by atoms with Crippen molar-refractivity contribution in [3.63, 3.8) is 0 Å². The van der Waals surface area contributed by atoms with Gasteiger partial charge in [-0.15, -0.1) is 0 Å². The van der Waals surface area contributed by atoms with Crippen LogP contribution in [0.2, 0.25) is 0 Å². The van der Waals surface area contributed by atoms with Crippen LogP contribution in [0.15, 0.2) is 72.8 Å². The zero-order valence-electron chi connectivity index (χ0n) is 25.4. The van der Waals surface area contributed by atoms with Crippen molar-refractivity contribution in [3.8, 4) is 0 Å². The van der Waals surface area contributed by atoms with E-state index in [2.05, 4.69) is 10.2 Å². The summed E-state index contributed by atoms with van der Waals surface area (Å²) in [5.74, 6) is -0.889. The van der Waals surface area contributed by atoms with Crippen molar-refractivity contribution in [3.05, 3.63) is 95.1 Å². The van der Waals surface area contributed by atoms with Crippen LogP contribution in [-0.2, 0) is 11.0 Å². The molecule has 1 N–H and O–H groups in total. The normalized spacial score (nSPS) is 14.5. The first-order valence-corrected chi connectivity index (χ1v) is 15.1. The van der Waals surface area contributed by atoms with Crippen LogP contribution in [-0.4, -0.2) is 66.8 Å². The highest BCUT2D eigenvalue weighted by atomic mass is 19.4. The molecule has 3 aromatic rings. The maximum atomic E-state index is 13.7. The van der Waals surface area contributed by atoms with Crippen molar-refractivity contribution in [1.82, 2.24) is 9.80 Å². The molecule has 3 aromatic carbocycles. The second kappa shape index (κ2) is 14.4. The first kappa shape index (κ1) is 32.6. The minimum atomic E-state index is -4.50. The number of nitrogens with one attached hydrogen (secondary N) is 1. The van der Waals surface area contributed by atoms with Gasteiger partial charge in [-0.2, -0.15) is 13.2 Å². The molecule has 10 heteroatoms. The van der Waals surface area contributed by atoms with Crippen molar-refractivity contribution in [2.24, 2.45) is 0 Å². The minimum absolute atomic E-state index is 0.0665. The third-order valence-corrected chi connectivity index (χ3v) is 8.07. The summed E-state index contributed by atoms with van der Waals surface area (Å²) in [5, 5.41) is 2.72. The lowest BCUT2D eigenvalue weighted by molar-refractivity contribution is -0.137. The van der Waals surface area contributed by atoms with E-state index < -0.39 is 17.6 Å². The Hall–Kier alpha value is -4.34. The van der Waals surface area contributed by atoms with E-state index in [-0.39, 0.29) is 23.3 Å². The molecule has 1 saturated heterocycles. The molecular weight excluding hydrogens is 569 g/mol. The first-order valence-electron chi connectivity index (χ1n) is 15.1. The van der Waals surface area contributed by atoms with E-state index >= 15 is 0 Å². The molecule has 0 aliphatic carbocycles. The predicted octanol–water partition coefficient (Wildman–Crippen LogP) is 6.67. The number of carbonyl (C=O) groups is 3. The quantitative estimate of drug-likeness (QED) is 0.295. The van der Waals surface area contributed by atoms with Crippen molar-refractivity contribution < 1.29 is 27.6 Å². The highest BCUT2D eigenvalue weighted by Crippen LogP contribution is 2.31. The lowest BCUT2D eigenvalue weighted by Gasteiger charge is -2.29. The standard InChI is InChI=1S/C34H39F3N4O3/c1-4-28(24-11-8-7-9-12-24)32(43)41-20-10-19-40(21-22-41)30-18-17-27(23-29(30)33(44)39(5-2)6-3)38-31(42)25-13-15-26(16-14-25)34(35,36)37/h7-9,11-18,23,28H,4-6,10,19-22H2,1-3H3,(H,38,42). The minimum Gasteiger partial charge on any atom is -0.369 e. The molecule has 1 aliphatic rings. The largest absolute Gasteiger partial charge is 0.416 e. The van der Waals surface area contributed by atoms with Crippen LogP contribution in [0.4, 0.5) is 24.5 Å². The summed E-state index contributed by atoms with van der Waals surface area (Å²) in [6.07, 6.45) is -3.07. The SMILES string of the molecule is CCC(C(=O)N1CCCN(c2ccc(NC(=O)c3ccc(C(F)(F)F)cc3)cc2C(=O)N(CC)CC)CC1)c1ccccc1. The molecule has 1 aliphatic heterocycles. The number of alkyl halides is 3. The molecule has 234 valence electrons. The van der Waals surface area contributed by atoms with E-state index in [9.17, 15) is 27.6 Å². The smallest absolute Gasteiger partial charge is 0.369 e. The molecular formula is C34H39F3N4O3. The van der Waals surface area contributed by atoms with E-state index in [0.717, 1.165) is 36.2 Å². The Morgan fingerprint density at radius 2 is 1.55 bits per heavy atom. The van der Waals surface area contributed by atoms with E-state index in [1.54, 1.807) is 23.1 Å². The van der Waals surface area contributed by atoms with Gasteiger partial charge in [-0.05, 0) is 74.7 Å². The van der Waals surface area contributed by atoms with E-state index in [1.807, 2.05) is 56.0 Å². The van der Waals surface area contributed by atoms with Gasteiger partial charge in [-0.3, -0.25) is 14.4 Å². The number of halogens is 3. The van der Waals surface area contributed by atoms with E-state index in [1.165, 1.54) is 0 Å². The number of rotatable bonds is 9. The fraction of sp³-hybridized carbons (Fsp3) is 0.382. The Bertz CT molecular complexity index is 1440. The zero-order chi connectivity index (χ0) is 31.9. The second-order valence-electron chi connectivity index (χ2n) is 10.8. The van der Waals surface area contributed by atoms with Gasteiger partial charge in [0.05, 0.1) is 17.0 Å². The van der Waals surface area contributed by atoms with E-state index in [0.29, 0.717) is 62.6 Å². The summed E-state index contributed by atoms with van der Waals surface area (Å²) in [6.45, 7) is 9.09. The maximum absolute atomic E-state index is 13.7. The van der Waals surface area contributed by atoms with E-state index in [4.69, 9.17) is 0 Å². The van der Waals surface area contributed by atoms with Gasteiger partial charge in [0, 0.05) is 56.2 Å². The lowest BCUT2D eigenvalue weighted by atomic mass is 9.95. The number of nitrogens with zero attached hydrogens (tertiary/aromatic N) is 3. The maximum Gasteiger partial charge on any atom is 0.416 e. The molecule has 0 radical (unpaired) electrons. The number of hydrogen-bond acceptors (Lipinski definition) is 4. The highest BCUT2D eigenvalue weighted by Gasteiger charge is 2.31. The number of amides is 3. The molecule has 1 heterocycles. The van der Waals surface area contributed by atoms with Crippen LogP contribution in [0.5, 0.6) is 0 Å². The summed E-state index contributed by atoms with van der Waals surface area (Å²) in [4.78, 5) is 45.8. The van der Waals surface area contributed by atoms with Gasteiger partial charge in [-0.1, -0.05) is 37.3 Å². The molecule has 0 aromatic heterocycles. The fourth-order valence-electron chi connectivity index (χ4n) is 5.59. The molecule has 1 fully saturated rings. The number of hydrogen-bond donors (Lipinski definition) is 1. The van der Waals surface area contributed by atoms with Crippen LogP contribution >= 0.6 is 0 Å². The zero-order valence-corrected chi connectivity index (χ0v) is 25.4. The van der Waals surface area contributed by atoms with Crippen molar-refractivity contribution in [2.75, 3.05) is 49.5 Å². The monoisotopic (exact) mass is 608 g/mol. The molecule has 0 spiro atoms. The Morgan fingerprint density at radius 3 is 2.16 bits per heavy atom. The molecule has 7 nitrogen and oxygen atoms in total. The number of benzene rings is 3. The Kier molecular flexibility index (Phi) is 10.7. The third kappa shape index (κ3) is 7.59. The fourth-order valence-corrected chi connectivity index (χ4v) is 5.59. The summed E-state index contributed by atoms with van der Waals surface area (Å²) in [7, 11) is 0. The van der Waals surface area contributed by atoms with Crippen LogP contribution in [0.3, 0.4) is 0 Å². The van der Waals surface area contributed by atoms with Gasteiger partial charge in [-0.25, -0.2) is 0 Å². The van der Waals surface area contributed by atoms with Gasteiger partial charge < -0.3 is 20.0 Å². The van der Waals surface area contributed by atoms with Gasteiger partial charge in [0.1, 0.15) is 0 Å². The molecule has 0 saturated carbocycles. The molecule has 44 heavy (non-hydrogen) atoms. The molecule has 1 unspecified atom stereocenters. The second-order valence-corrected chi connectivity index (χ2v) is 10.8. The molecule has 1 atom stereocenters. The van der Waals surface area contributed by atoms with Crippen LogP contribution < -0.4 is 10.2 Å². The summed E-state index contributed by atoms with van der Waals surface area (Å²) < 4.78 is 38.9. The van der Waals surface area contributed by atoms with Crippen molar-refractivity contribution in [1.29, 1.82) is 0 Å². The summed E-state index contributed by atoms with van der Waals surface area (Å²) in [6, 6.07) is 18.9. The molecule has 4 rings (SSSR count). The van der Waals surface area contributed by atoms with Gasteiger partial charge in [0.2, 0.25) is 5.91 Å². The Morgan fingerprint density at radius 1 is 0.864 bits per heavy atom. The summed E-state index contributed by atoms with van der Waals surface area (Å²) in [5.41, 5.74) is 1.70. The van der Waals surface area contributed by atoms with Gasteiger partial charge in [0.15, 0.2) is 0 Å². The topological polar surface area (TPSA) is 73.0 Å². The average molecular weight is 609 g/mol. The van der Waals surface area contributed by atoms with Crippen LogP contribution in [0.1, 0.15) is 71.4 Å². The highest BCUT2D eigenvalue weighted by molar-refractivity contribution is 6.06. The number of anilines is 2. The Labute approximate surface area is 256 Å². The first-order chi connectivity index (χ1) is 21.1. The average Bonchev–Trinajstić information content (AvgIpc) is 3.28. The number of carbonyl (C=O) groups excluding carboxylic acids is 3. The predicted molar refractivity (Wildman–Crippen MR) is 166 cm³/mol. The van der Waals surface area contributed by atoms with Crippen LogP contribution in [0, 0.1) is 0 Å². The van der Waals surface area contributed by atoms with Crippen molar-refractivity contribution >= 4 is 29.1 Å². The third-order valence-electron chi connectivity index (χ3n) is 8.07. The molecule has 3 amide bonds. The van der Waals surface area contributed by atoms with Crippen LogP contribution in [0.25, 0.3) is 0 Å².